The molecular formula is C18H21ClN2O4S. The number of halogens is 1. The van der Waals surface area contributed by atoms with Crippen LogP contribution in [0.3, 0.4) is 0 Å². The molecule has 0 aliphatic heterocycles. The van der Waals surface area contributed by atoms with Crippen molar-refractivity contribution in [3.8, 4) is 11.5 Å². The van der Waals surface area contributed by atoms with E-state index in [1.54, 1.807) is 18.2 Å². The largest absolute Gasteiger partial charge is 0.492 e. The van der Waals surface area contributed by atoms with E-state index in [0.29, 0.717) is 41.0 Å². The lowest BCUT2D eigenvalue weighted by Gasteiger charge is -2.17. The fourth-order valence-electron chi connectivity index (χ4n) is 2.20. The van der Waals surface area contributed by atoms with E-state index in [4.69, 9.17) is 21.1 Å². The first-order valence-electron chi connectivity index (χ1n) is 8.23. The van der Waals surface area contributed by atoms with E-state index in [1.807, 2.05) is 25.3 Å². The zero-order valence-electron chi connectivity index (χ0n) is 14.6. The smallest absolute Gasteiger partial charge is 0.265 e. The molecule has 2 aromatic rings. The second-order valence-electron chi connectivity index (χ2n) is 5.13. The number of nitrogens with one attached hydrogen (secondary N) is 2. The number of ether oxygens (including phenoxy) is 2. The molecule has 1 heterocycles. The van der Waals surface area contributed by atoms with Gasteiger partial charge in [0.2, 0.25) is 5.91 Å². The highest BCUT2D eigenvalue weighted by Crippen LogP contribution is 2.37. The van der Waals surface area contributed by atoms with Crippen molar-refractivity contribution in [2.75, 3.05) is 29.7 Å². The molecule has 2 amide bonds. The van der Waals surface area contributed by atoms with Crippen LogP contribution < -0.4 is 20.1 Å². The van der Waals surface area contributed by atoms with Gasteiger partial charge in [-0.3, -0.25) is 9.59 Å². The van der Waals surface area contributed by atoms with Crippen molar-refractivity contribution in [2.45, 2.75) is 20.3 Å². The molecule has 0 unspecified atom stereocenters. The fourth-order valence-corrected chi connectivity index (χ4v) is 2.99. The third-order valence-electron chi connectivity index (χ3n) is 3.27. The summed E-state index contributed by atoms with van der Waals surface area (Å²) in [5.41, 5.74) is 0.948. The highest BCUT2D eigenvalue weighted by atomic mass is 35.5. The molecule has 0 atom stereocenters. The summed E-state index contributed by atoms with van der Waals surface area (Å²) in [7, 11) is 0. The summed E-state index contributed by atoms with van der Waals surface area (Å²) in [6.45, 7) is 4.49. The summed E-state index contributed by atoms with van der Waals surface area (Å²) in [5, 5.41) is 7.43. The lowest BCUT2D eigenvalue weighted by molar-refractivity contribution is -0.115. The summed E-state index contributed by atoms with van der Waals surface area (Å²) < 4.78 is 11.2. The minimum Gasteiger partial charge on any atom is -0.492 e. The van der Waals surface area contributed by atoms with Gasteiger partial charge in [0, 0.05) is 24.4 Å². The van der Waals surface area contributed by atoms with Crippen molar-refractivity contribution in [1.29, 1.82) is 0 Å². The Balaban J connectivity index is 2.34. The van der Waals surface area contributed by atoms with Crippen molar-refractivity contribution < 1.29 is 19.1 Å². The maximum atomic E-state index is 12.4. The molecule has 2 N–H and O–H groups in total. The Kier molecular flexibility index (Phi) is 7.74. The summed E-state index contributed by atoms with van der Waals surface area (Å²) in [6.07, 6.45) is 0.188. The normalized spacial score (nSPS) is 10.3. The summed E-state index contributed by atoms with van der Waals surface area (Å²) in [5.74, 6) is 0.659. The van der Waals surface area contributed by atoms with Gasteiger partial charge in [-0.2, -0.15) is 0 Å². The lowest BCUT2D eigenvalue weighted by Crippen LogP contribution is -2.15. The fraction of sp³-hybridized carbons (Fsp3) is 0.333. The number of thiophene rings is 1. The number of carbonyl (C=O) groups is 2. The first-order chi connectivity index (χ1) is 12.6. The SMILES string of the molecule is CCOc1cc(NC(=O)c2cccs2)c(OCC)cc1NC(=O)CCCl. The minimum atomic E-state index is -0.234. The van der Waals surface area contributed by atoms with Gasteiger partial charge in [-0.25, -0.2) is 0 Å². The van der Waals surface area contributed by atoms with Crippen LogP contribution in [0.5, 0.6) is 11.5 Å². The average molecular weight is 397 g/mol. The zero-order valence-corrected chi connectivity index (χ0v) is 16.2. The summed E-state index contributed by atoms with van der Waals surface area (Å²) in [6, 6.07) is 6.84. The van der Waals surface area contributed by atoms with E-state index in [1.165, 1.54) is 11.3 Å². The monoisotopic (exact) mass is 396 g/mol. The van der Waals surface area contributed by atoms with Gasteiger partial charge < -0.3 is 20.1 Å². The number of hydrogen-bond donors (Lipinski definition) is 2. The maximum Gasteiger partial charge on any atom is 0.265 e. The third-order valence-corrected chi connectivity index (χ3v) is 4.33. The Morgan fingerprint density at radius 1 is 1.08 bits per heavy atom. The number of alkyl halides is 1. The van der Waals surface area contributed by atoms with Gasteiger partial charge in [-0.15, -0.1) is 22.9 Å². The second kappa shape index (κ2) is 10.0. The number of carbonyl (C=O) groups excluding carboxylic acids is 2. The van der Waals surface area contributed by atoms with Crippen LogP contribution in [0.15, 0.2) is 29.6 Å². The summed E-state index contributed by atoms with van der Waals surface area (Å²) >= 11 is 6.96. The zero-order chi connectivity index (χ0) is 18.9. The van der Waals surface area contributed by atoms with Gasteiger partial charge in [0.1, 0.15) is 11.5 Å². The molecule has 0 bridgehead atoms. The van der Waals surface area contributed by atoms with Crippen LogP contribution >= 0.6 is 22.9 Å². The Bertz CT molecular complexity index is 750. The molecule has 140 valence electrons. The van der Waals surface area contributed by atoms with Crippen LogP contribution in [0.2, 0.25) is 0 Å². The second-order valence-corrected chi connectivity index (χ2v) is 6.45. The van der Waals surface area contributed by atoms with Gasteiger partial charge in [-0.05, 0) is 25.3 Å². The lowest BCUT2D eigenvalue weighted by atomic mass is 10.2. The molecule has 0 saturated heterocycles. The quantitative estimate of drug-likeness (QED) is 0.617. The maximum absolute atomic E-state index is 12.4. The first-order valence-corrected chi connectivity index (χ1v) is 9.64. The van der Waals surface area contributed by atoms with Crippen LogP contribution in [-0.4, -0.2) is 30.9 Å². The predicted molar refractivity (Wildman–Crippen MR) is 105 cm³/mol. The van der Waals surface area contributed by atoms with Crippen LogP contribution in [0.1, 0.15) is 29.9 Å². The molecule has 0 aliphatic rings. The molecule has 6 nitrogen and oxygen atoms in total. The van der Waals surface area contributed by atoms with Gasteiger partial charge in [-0.1, -0.05) is 6.07 Å². The molecule has 0 spiro atoms. The molecule has 1 aromatic carbocycles. The Morgan fingerprint density at radius 2 is 1.69 bits per heavy atom. The van der Waals surface area contributed by atoms with Crippen LogP contribution in [-0.2, 0) is 4.79 Å². The van der Waals surface area contributed by atoms with E-state index in [-0.39, 0.29) is 24.1 Å². The van der Waals surface area contributed by atoms with E-state index in [0.717, 1.165) is 0 Å². The van der Waals surface area contributed by atoms with E-state index < -0.39 is 0 Å². The molecule has 1 aromatic heterocycles. The van der Waals surface area contributed by atoms with Crippen LogP contribution in [0.25, 0.3) is 0 Å². The molecule has 0 aliphatic carbocycles. The Labute approximate surface area is 161 Å². The van der Waals surface area contributed by atoms with E-state index >= 15 is 0 Å². The van der Waals surface area contributed by atoms with Crippen molar-refractivity contribution in [1.82, 2.24) is 0 Å². The minimum absolute atomic E-state index is 0.188. The van der Waals surface area contributed by atoms with Gasteiger partial charge in [0.15, 0.2) is 0 Å². The highest BCUT2D eigenvalue weighted by Gasteiger charge is 2.17. The van der Waals surface area contributed by atoms with E-state index in [9.17, 15) is 9.59 Å². The molecule has 26 heavy (non-hydrogen) atoms. The van der Waals surface area contributed by atoms with E-state index in [2.05, 4.69) is 10.6 Å². The van der Waals surface area contributed by atoms with Crippen LogP contribution in [0, 0.1) is 0 Å². The van der Waals surface area contributed by atoms with Crippen molar-refractivity contribution >= 4 is 46.1 Å². The molecular weight excluding hydrogens is 376 g/mol. The van der Waals surface area contributed by atoms with Gasteiger partial charge >= 0.3 is 0 Å². The third kappa shape index (κ3) is 5.37. The van der Waals surface area contributed by atoms with Crippen molar-refractivity contribution in [3.63, 3.8) is 0 Å². The number of amides is 2. The molecule has 0 radical (unpaired) electrons. The Morgan fingerprint density at radius 3 is 2.19 bits per heavy atom. The van der Waals surface area contributed by atoms with Gasteiger partial charge in [0.05, 0.1) is 29.5 Å². The van der Waals surface area contributed by atoms with Crippen molar-refractivity contribution in [3.05, 3.63) is 34.5 Å². The predicted octanol–water partition coefficient (Wildman–Crippen LogP) is 4.37. The Hall–Kier alpha value is -2.25. The van der Waals surface area contributed by atoms with Crippen molar-refractivity contribution in [2.24, 2.45) is 0 Å². The first kappa shape index (κ1) is 20.1. The molecule has 8 heteroatoms. The average Bonchev–Trinajstić information content (AvgIpc) is 3.13. The molecule has 0 fully saturated rings. The number of hydrogen-bond acceptors (Lipinski definition) is 5. The number of anilines is 2. The number of rotatable bonds is 9. The van der Waals surface area contributed by atoms with Crippen LogP contribution in [0.4, 0.5) is 11.4 Å². The highest BCUT2D eigenvalue weighted by molar-refractivity contribution is 7.12. The van der Waals surface area contributed by atoms with Gasteiger partial charge in [0.25, 0.3) is 5.91 Å². The molecule has 2 rings (SSSR count). The topological polar surface area (TPSA) is 76.7 Å². The standard InChI is InChI=1S/C18H21ClN2O4S/c1-3-24-14-11-13(21-18(23)16-6-5-9-26-16)15(25-4-2)10-12(14)20-17(22)7-8-19/h5-6,9-11H,3-4,7-8H2,1-2H3,(H,20,22)(H,21,23). The molecule has 0 saturated carbocycles. The number of benzene rings is 1. The summed E-state index contributed by atoms with van der Waals surface area (Å²) in [4.78, 5) is 24.9.